The maximum Gasteiger partial charge on any atom is 0.153 e. The van der Waals surface area contributed by atoms with Gasteiger partial charge >= 0.3 is 0 Å². The van der Waals surface area contributed by atoms with Gasteiger partial charge in [0.2, 0.25) is 0 Å². The zero-order chi connectivity index (χ0) is 12.8. The van der Waals surface area contributed by atoms with Crippen molar-refractivity contribution in [3.63, 3.8) is 0 Å². The van der Waals surface area contributed by atoms with E-state index in [0.717, 1.165) is 4.32 Å². The molecule has 2 heterocycles. The standard InChI is InChI=1S/C12H13NO2S3/c14-18(15)7-10-11(8-18)17-12(16)13(10)6-9-4-2-1-3-5-9/h1-5,10-11H,6-8H2/t10-,11-/m0/s1. The molecule has 2 atom stereocenters. The quantitative estimate of drug-likeness (QED) is 0.777. The molecule has 1 aromatic carbocycles. The molecule has 0 unspecified atom stereocenters. The Morgan fingerprint density at radius 1 is 1.28 bits per heavy atom. The predicted octanol–water partition coefficient (Wildman–Crippen LogP) is 1.69. The number of rotatable bonds is 2. The zero-order valence-corrected chi connectivity index (χ0v) is 12.1. The van der Waals surface area contributed by atoms with Gasteiger partial charge in [-0.15, -0.1) is 0 Å². The molecule has 1 aromatic rings. The molecule has 0 aliphatic carbocycles. The Kier molecular flexibility index (Phi) is 3.11. The van der Waals surface area contributed by atoms with Gasteiger partial charge in [-0.2, -0.15) is 0 Å². The van der Waals surface area contributed by atoms with Gasteiger partial charge in [0.15, 0.2) is 9.84 Å². The van der Waals surface area contributed by atoms with Crippen LogP contribution in [-0.2, 0) is 16.4 Å². The number of thioether (sulfide) groups is 1. The number of hydrogen-bond donors (Lipinski definition) is 0. The molecule has 96 valence electrons. The molecule has 0 N–H and O–H groups in total. The van der Waals surface area contributed by atoms with Crippen LogP contribution in [0.25, 0.3) is 0 Å². The van der Waals surface area contributed by atoms with E-state index < -0.39 is 9.84 Å². The fourth-order valence-corrected chi connectivity index (χ4v) is 6.87. The minimum atomic E-state index is -2.88. The Bertz CT molecular complexity index is 570. The molecule has 18 heavy (non-hydrogen) atoms. The van der Waals surface area contributed by atoms with Gasteiger partial charge < -0.3 is 4.90 Å². The number of thiocarbonyl (C=S) groups is 1. The molecule has 6 heteroatoms. The largest absolute Gasteiger partial charge is 0.348 e. The summed E-state index contributed by atoms with van der Waals surface area (Å²) in [6, 6.07) is 10.1. The maximum atomic E-state index is 11.7. The Balaban J connectivity index is 1.82. The van der Waals surface area contributed by atoms with Crippen LogP contribution in [0.15, 0.2) is 30.3 Å². The third-order valence-corrected chi connectivity index (χ3v) is 7.03. The van der Waals surface area contributed by atoms with Gasteiger partial charge in [-0.05, 0) is 5.56 Å². The van der Waals surface area contributed by atoms with E-state index in [4.69, 9.17) is 12.2 Å². The highest BCUT2D eigenvalue weighted by molar-refractivity contribution is 8.24. The molecule has 2 aliphatic heterocycles. The van der Waals surface area contributed by atoms with Crippen LogP contribution in [0.2, 0.25) is 0 Å². The SMILES string of the molecule is O=S1(=O)C[C@@H]2SC(=S)N(Cc3ccccc3)[C@H]2C1. The van der Waals surface area contributed by atoms with E-state index in [-0.39, 0.29) is 22.8 Å². The Morgan fingerprint density at radius 3 is 2.72 bits per heavy atom. The van der Waals surface area contributed by atoms with Crippen molar-refractivity contribution in [2.24, 2.45) is 0 Å². The van der Waals surface area contributed by atoms with Crippen molar-refractivity contribution in [1.29, 1.82) is 0 Å². The second-order valence-electron chi connectivity index (χ2n) is 4.68. The average Bonchev–Trinajstić information content (AvgIpc) is 2.74. The van der Waals surface area contributed by atoms with Gasteiger partial charge in [-0.3, -0.25) is 0 Å². The van der Waals surface area contributed by atoms with Crippen molar-refractivity contribution in [2.75, 3.05) is 11.5 Å². The number of nitrogens with zero attached hydrogens (tertiary/aromatic N) is 1. The molecular weight excluding hydrogens is 286 g/mol. The van der Waals surface area contributed by atoms with Gasteiger partial charge in [0.05, 0.1) is 17.5 Å². The normalized spacial score (nSPS) is 29.6. The molecular formula is C12H13NO2S3. The van der Waals surface area contributed by atoms with E-state index in [0.29, 0.717) is 6.54 Å². The molecule has 0 amide bonds. The fourth-order valence-electron chi connectivity index (χ4n) is 2.49. The molecule has 3 rings (SSSR count). The van der Waals surface area contributed by atoms with Crippen LogP contribution in [0, 0.1) is 0 Å². The first-order chi connectivity index (χ1) is 8.55. The summed E-state index contributed by atoms with van der Waals surface area (Å²) in [4.78, 5) is 2.07. The van der Waals surface area contributed by atoms with E-state index in [1.54, 1.807) is 11.8 Å². The summed E-state index contributed by atoms with van der Waals surface area (Å²) in [6.07, 6.45) is 0. The molecule has 2 aliphatic rings. The second kappa shape index (κ2) is 4.51. The third kappa shape index (κ3) is 2.29. The highest BCUT2D eigenvalue weighted by Gasteiger charge is 2.47. The van der Waals surface area contributed by atoms with Crippen LogP contribution >= 0.6 is 24.0 Å². The summed E-state index contributed by atoms with van der Waals surface area (Å²) in [5.41, 5.74) is 1.17. The van der Waals surface area contributed by atoms with Gasteiger partial charge in [0.25, 0.3) is 0 Å². The lowest BCUT2D eigenvalue weighted by atomic mass is 10.1. The van der Waals surface area contributed by atoms with Gasteiger partial charge in [0, 0.05) is 11.8 Å². The van der Waals surface area contributed by atoms with Crippen molar-refractivity contribution >= 4 is 38.1 Å². The molecule has 2 fully saturated rings. The van der Waals surface area contributed by atoms with Gasteiger partial charge in [-0.1, -0.05) is 54.3 Å². The summed E-state index contributed by atoms with van der Waals surface area (Å²) in [5.74, 6) is 0.519. The minimum absolute atomic E-state index is 0.0627. The summed E-state index contributed by atoms with van der Waals surface area (Å²) in [6.45, 7) is 0.712. The number of fused-ring (bicyclic) bond motifs is 1. The zero-order valence-electron chi connectivity index (χ0n) is 9.65. The summed E-state index contributed by atoms with van der Waals surface area (Å²) in [5, 5.41) is 0.131. The molecule has 2 saturated heterocycles. The highest BCUT2D eigenvalue weighted by Crippen LogP contribution is 2.38. The topological polar surface area (TPSA) is 37.4 Å². The number of sulfone groups is 1. The summed E-state index contributed by atoms with van der Waals surface area (Å²) < 4.78 is 24.2. The lowest BCUT2D eigenvalue weighted by Gasteiger charge is -2.23. The van der Waals surface area contributed by atoms with Crippen molar-refractivity contribution < 1.29 is 8.42 Å². The Morgan fingerprint density at radius 2 is 2.00 bits per heavy atom. The Hall–Kier alpha value is -0.590. The monoisotopic (exact) mass is 299 g/mol. The van der Waals surface area contributed by atoms with E-state index in [9.17, 15) is 8.42 Å². The molecule has 3 nitrogen and oxygen atoms in total. The van der Waals surface area contributed by atoms with Crippen LogP contribution < -0.4 is 0 Å². The predicted molar refractivity (Wildman–Crippen MR) is 78.4 cm³/mol. The van der Waals surface area contributed by atoms with Crippen LogP contribution in [-0.4, -0.2) is 40.4 Å². The van der Waals surface area contributed by atoms with Crippen molar-refractivity contribution in [3.05, 3.63) is 35.9 Å². The first kappa shape index (κ1) is 12.4. The first-order valence-electron chi connectivity index (χ1n) is 5.77. The van der Waals surface area contributed by atoms with Crippen molar-refractivity contribution in [2.45, 2.75) is 17.8 Å². The first-order valence-corrected chi connectivity index (χ1v) is 8.88. The van der Waals surface area contributed by atoms with Crippen LogP contribution in [0.3, 0.4) is 0 Å². The number of hydrogen-bond acceptors (Lipinski definition) is 4. The van der Waals surface area contributed by atoms with E-state index in [1.807, 2.05) is 30.3 Å². The third-order valence-electron chi connectivity index (χ3n) is 3.35. The molecule has 0 radical (unpaired) electrons. The molecule has 0 spiro atoms. The molecule has 0 bridgehead atoms. The minimum Gasteiger partial charge on any atom is -0.348 e. The van der Waals surface area contributed by atoms with Crippen LogP contribution in [0.5, 0.6) is 0 Å². The molecule has 0 saturated carbocycles. The number of benzene rings is 1. The molecule has 0 aromatic heterocycles. The lowest BCUT2D eigenvalue weighted by Crippen LogP contribution is -2.36. The Labute approximate surface area is 116 Å². The smallest absolute Gasteiger partial charge is 0.153 e. The summed E-state index contributed by atoms with van der Waals surface area (Å²) >= 11 is 6.91. The van der Waals surface area contributed by atoms with Gasteiger partial charge in [-0.25, -0.2) is 8.42 Å². The lowest BCUT2D eigenvalue weighted by molar-refractivity contribution is 0.355. The van der Waals surface area contributed by atoms with E-state index >= 15 is 0 Å². The van der Waals surface area contributed by atoms with Crippen molar-refractivity contribution in [1.82, 2.24) is 4.90 Å². The fraction of sp³-hybridized carbons (Fsp3) is 0.417. The van der Waals surface area contributed by atoms with Crippen LogP contribution in [0.1, 0.15) is 5.56 Å². The average molecular weight is 299 g/mol. The van der Waals surface area contributed by atoms with Crippen molar-refractivity contribution in [3.8, 4) is 0 Å². The maximum absolute atomic E-state index is 11.7. The second-order valence-corrected chi connectivity index (χ2v) is 8.71. The van der Waals surface area contributed by atoms with E-state index in [2.05, 4.69) is 4.90 Å². The summed E-state index contributed by atoms with van der Waals surface area (Å²) in [7, 11) is -2.88. The highest BCUT2D eigenvalue weighted by atomic mass is 32.2. The van der Waals surface area contributed by atoms with Crippen LogP contribution in [0.4, 0.5) is 0 Å². The van der Waals surface area contributed by atoms with Gasteiger partial charge in [0.1, 0.15) is 4.32 Å². The van der Waals surface area contributed by atoms with E-state index in [1.165, 1.54) is 5.56 Å².